The van der Waals surface area contributed by atoms with E-state index in [0.717, 1.165) is 22.7 Å². The number of nitrogens with one attached hydrogen (secondary N) is 1. The van der Waals surface area contributed by atoms with E-state index in [4.69, 9.17) is 22.1 Å². The second kappa shape index (κ2) is 11.9. The highest BCUT2D eigenvalue weighted by Crippen LogP contribution is 2.36. The van der Waals surface area contributed by atoms with Gasteiger partial charge in [0.2, 0.25) is 0 Å². The van der Waals surface area contributed by atoms with Crippen molar-refractivity contribution in [3.63, 3.8) is 0 Å². The van der Waals surface area contributed by atoms with Gasteiger partial charge in [0, 0.05) is 25.1 Å². The third-order valence-electron chi connectivity index (χ3n) is 6.87. The minimum Gasteiger partial charge on any atom is -0.373 e. The number of benzene rings is 1. The first-order valence-corrected chi connectivity index (χ1v) is 13.3. The Morgan fingerprint density at radius 2 is 2.05 bits per heavy atom. The third kappa shape index (κ3) is 6.54. The van der Waals surface area contributed by atoms with Crippen LogP contribution in [0.3, 0.4) is 0 Å². The maximum Gasteiger partial charge on any atom is 0.435 e. The molecule has 4 atom stereocenters. The molecule has 0 aliphatic heterocycles. The van der Waals surface area contributed by atoms with Crippen molar-refractivity contribution in [2.45, 2.75) is 46.0 Å². The highest BCUT2D eigenvalue weighted by atomic mass is 35.5. The van der Waals surface area contributed by atoms with Gasteiger partial charge in [0.05, 0.1) is 22.5 Å². The molecule has 0 saturated carbocycles. The molecule has 1 heterocycles. The van der Waals surface area contributed by atoms with Crippen molar-refractivity contribution in [1.82, 2.24) is 15.1 Å². The highest BCUT2D eigenvalue weighted by molar-refractivity contribution is 6.32. The zero-order chi connectivity index (χ0) is 28.3. The number of ether oxygens (including phenoxy) is 1. The largest absolute Gasteiger partial charge is 0.435 e. The van der Waals surface area contributed by atoms with Crippen LogP contribution in [0.25, 0.3) is 5.69 Å². The van der Waals surface area contributed by atoms with Crippen LogP contribution >= 0.6 is 11.6 Å². The van der Waals surface area contributed by atoms with E-state index < -0.39 is 17.8 Å². The Bertz CT molecular complexity index is 1340. The SMILES string of the molecule is CCOC(C1=CCC(C)C=C1)C1C=C(NC(=O)c2cc(C(F)(F)F)nn2-c2cccc(CN)c2)C(Cl)=CC1C. The lowest BCUT2D eigenvalue weighted by atomic mass is 9.80. The minimum atomic E-state index is -4.74. The van der Waals surface area contributed by atoms with Crippen molar-refractivity contribution in [2.75, 3.05) is 6.61 Å². The van der Waals surface area contributed by atoms with Crippen LogP contribution in [0.1, 0.15) is 48.9 Å². The van der Waals surface area contributed by atoms with Crippen LogP contribution in [0.4, 0.5) is 13.2 Å². The Kier molecular flexibility index (Phi) is 8.83. The molecule has 208 valence electrons. The standard InChI is InChI=1S/C29H32ClF3N4O2/c1-4-39-27(20-10-8-17(2)9-11-20)22-14-24(23(30)12-18(22)3)35-28(38)25-15-26(29(31,32)33)36-37(25)21-7-5-6-19(13-21)16-34/h5-8,10-15,17-18,22,27H,4,9,16,34H2,1-3H3,(H,35,38). The van der Waals surface area contributed by atoms with E-state index in [1.165, 1.54) is 0 Å². The van der Waals surface area contributed by atoms with Crippen LogP contribution in [0.5, 0.6) is 0 Å². The van der Waals surface area contributed by atoms with Gasteiger partial charge in [-0.1, -0.05) is 68.0 Å². The van der Waals surface area contributed by atoms with Crippen molar-refractivity contribution in [2.24, 2.45) is 23.5 Å². The molecule has 3 N–H and O–H groups in total. The number of halogens is 4. The van der Waals surface area contributed by atoms with Gasteiger partial charge in [-0.25, -0.2) is 4.68 Å². The molecule has 10 heteroatoms. The Morgan fingerprint density at radius 1 is 1.28 bits per heavy atom. The predicted molar refractivity (Wildman–Crippen MR) is 145 cm³/mol. The molecular formula is C29H32ClF3N4O2. The summed E-state index contributed by atoms with van der Waals surface area (Å²) < 4.78 is 47.9. The number of alkyl halides is 3. The number of carbonyl (C=O) groups is 1. The van der Waals surface area contributed by atoms with Gasteiger partial charge in [0.25, 0.3) is 5.91 Å². The minimum absolute atomic E-state index is 0.00952. The Labute approximate surface area is 231 Å². The van der Waals surface area contributed by atoms with Crippen molar-refractivity contribution in [1.29, 1.82) is 0 Å². The van der Waals surface area contributed by atoms with Crippen molar-refractivity contribution >= 4 is 17.5 Å². The summed E-state index contributed by atoms with van der Waals surface area (Å²) in [4.78, 5) is 13.4. The first-order valence-electron chi connectivity index (χ1n) is 12.9. The number of nitrogens with two attached hydrogens (primary N) is 1. The summed E-state index contributed by atoms with van der Waals surface area (Å²) in [6.45, 7) is 6.74. The number of aromatic nitrogens is 2. The van der Waals surface area contributed by atoms with Gasteiger partial charge in [-0.3, -0.25) is 4.79 Å². The molecule has 1 aromatic heterocycles. The van der Waals surface area contributed by atoms with E-state index in [2.05, 4.69) is 35.6 Å². The van der Waals surface area contributed by atoms with Gasteiger partial charge in [-0.15, -0.1) is 0 Å². The molecule has 4 rings (SSSR count). The summed E-state index contributed by atoms with van der Waals surface area (Å²) in [6, 6.07) is 7.27. The molecule has 2 aliphatic carbocycles. The third-order valence-corrected chi connectivity index (χ3v) is 7.20. The van der Waals surface area contributed by atoms with Gasteiger partial charge in [0.1, 0.15) is 5.69 Å². The highest BCUT2D eigenvalue weighted by Gasteiger charge is 2.37. The fourth-order valence-corrected chi connectivity index (χ4v) is 5.07. The van der Waals surface area contributed by atoms with Gasteiger partial charge < -0.3 is 15.8 Å². The summed E-state index contributed by atoms with van der Waals surface area (Å²) in [5, 5.41) is 6.72. The number of allylic oxidation sites excluding steroid dienone is 4. The number of nitrogens with zero attached hydrogens (tertiary/aromatic N) is 2. The molecule has 2 aromatic rings. The molecular weight excluding hydrogens is 529 g/mol. The van der Waals surface area contributed by atoms with Crippen molar-refractivity contribution in [3.05, 3.63) is 94.0 Å². The molecule has 0 spiro atoms. The van der Waals surface area contributed by atoms with E-state index in [1.807, 2.05) is 26.0 Å². The average molecular weight is 561 g/mol. The summed E-state index contributed by atoms with van der Waals surface area (Å²) in [6.07, 6.45) is 5.92. The Hall–Kier alpha value is -3.14. The molecule has 0 radical (unpaired) electrons. The maximum absolute atomic E-state index is 13.6. The predicted octanol–water partition coefficient (Wildman–Crippen LogP) is 6.28. The first kappa shape index (κ1) is 28.9. The van der Waals surface area contributed by atoms with E-state index in [1.54, 1.807) is 24.3 Å². The van der Waals surface area contributed by atoms with Gasteiger partial charge >= 0.3 is 6.18 Å². The van der Waals surface area contributed by atoms with Gasteiger partial charge in [-0.2, -0.15) is 18.3 Å². The normalized spacial score (nSPS) is 22.2. The average Bonchev–Trinajstić information content (AvgIpc) is 3.36. The molecule has 0 bridgehead atoms. The number of carbonyl (C=O) groups excluding carboxylic acids is 1. The second-order valence-corrected chi connectivity index (χ2v) is 10.2. The molecule has 6 nitrogen and oxygen atoms in total. The van der Waals surface area contributed by atoms with Crippen molar-refractivity contribution in [3.8, 4) is 5.69 Å². The Morgan fingerprint density at radius 3 is 2.69 bits per heavy atom. The van der Waals surface area contributed by atoms with Crippen LogP contribution < -0.4 is 11.1 Å². The second-order valence-electron chi connectivity index (χ2n) is 9.84. The summed E-state index contributed by atoms with van der Waals surface area (Å²) >= 11 is 6.53. The van der Waals surface area contributed by atoms with Gasteiger partial charge in [0.15, 0.2) is 5.69 Å². The first-order chi connectivity index (χ1) is 18.5. The van der Waals surface area contributed by atoms with Crippen LogP contribution in [0.15, 0.2) is 77.0 Å². The molecule has 0 saturated heterocycles. The zero-order valence-corrected chi connectivity index (χ0v) is 22.8. The molecule has 2 aliphatic rings. The summed E-state index contributed by atoms with van der Waals surface area (Å²) in [7, 11) is 0. The van der Waals surface area contributed by atoms with Crippen molar-refractivity contribution < 1.29 is 22.7 Å². The van der Waals surface area contributed by atoms with Gasteiger partial charge in [-0.05, 0) is 48.4 Å². The topological polar surface area (TPSA) is 82.2 Å². The number of hydrogen-bond acceptors (Lipinski definition) is 4. The van der Waals surface area contributed by atoms with E-state index in [-0.39, 0.29) is 35.9 Å². The van der Waals surface area contributed by atoms with Crippen LogP contribution in [0, 0.1) is 17.8 Å². The molecule has 4 unspecified atom stereocenters. The molecule has 1 amide bonds. The number of amides is 1. The zero-order valence-electron chi connectivity index (χ0n) is 22.0. The number of rotatable bonds is 8. The fraction of sp³-hybridized carbons (Fsp3) is 0.379. The van der Waals surface area contributed by atoms with Crippen LogP contribution in [-0.2, 0) is 17.5 Å². The Balaban J connectivity index is 1.68. The molecule has 39 heavy (non-hydrogen) atoms. The van der Waals surface area contributed by atoms with E-state index in [9.17, 15) is 18.0 Å². The lowest BCUT2D eigenvalue weighted by Crippen LogP contribution is -2.34. The smallest absolute Gasteiger partial charge is 0.373 e. The van der Waals surface area contributed by atoms with E-state index in [0.29, 0.717) is 28.8 Å². The van der Waals surface area contributed by atoms with Crippen LogP contribution in [-0.4, -0.2) is 28.4 Å². The quantitative estimate of drug-likeness (QED) is 0.398. The van der Waals surface area contributed by atoms with Crippen LogP contribution in [0.2, 0.25) is 0 Å². The molecule has 1 aromatic carbocycles. The summed E-state index contributed by atoms with van der Waals surface area (Å²) in [5.74, 6) is -0.508. The number of hydrogen-bond donors (Lipinski definition) is 2. The molecule has 0 fully saturated rings. The monoisotopic (exact) mass is 560 g/mol. The summed E-state index contributed by atoms with van der Waals surface area (Å²) in [5.41, 5.74) is 6.56. The maximum atomic E-state index is 13.6. The van der Waals surface area contributed by atoms with E-state index >= 15 is 0 Å². The lowest BCUT2D eigenvalue weighted by Gasteiger charge is -2.33. The lowest BCUT2D eigenvalue weighted by molar-refractivity contribution is -0.141. The fourth-order valence-electron chi connectivity index (χ4n) is 4.76.